The Morgan fingerprint density at radius 3 is 2.55 bits per heavy atom. The molecule has 1 atom stereocenters. The Bertz CT molecular complexity index is 429. The van der Waals surface area contributed by atoms with Gasteiger partial charge in [-0.2, -0.15) is 0 Å². The summed E-state index contributed by atoms with van der Waals surface area (Å²) >= 11 is 0. The van der Waals surface area contributed by atoms with Crippen molar-refractivity contribution < 1.29 is 5.11 Å². The number of aliphatic hydroxyl groups is 1. The molecule has 2 fully saturated rings. The van der Waals surface area contributed by atoms with Crippen LogP contribution in [0.15, 0.2) is 24.4 Å². The first kappa shape index (κ1) is 13.8. The molecule has 1 aromatic heterocycles. The Morgan fingerprint density at radius 2 is 2.00 bits per heavy atom. The van der Waals surface area contributed by atoms with E-state index >= 15 is 0 Å². The quantitative estimate of drug-likeness (QED) is 0.810. The molecule has 5 heteroatoms. The second-order valence-corrected chi connectivity index (χ2v) is 6.12. The molecule has 3 rings (SSSR count). The maximum absolute atomic E-state index is 9.58. The molecule has 5 nitrogen and oxygen atoms in total. The number of hydrogen-bond donors (Lipinski definition) is 2. The molecule has 0 spiro atoms. The van der Waals surface area contributed by atoms with E-state index in [4.69, 9.17) is 5.73 Å². The van der Waals surface area contributed by atoms with Crippen LogP contribution in [0.5, 0.6) is 0 Å². The molecule has 3 N–H and O–H groups in total. The van der Waals surface area contributed by atoms with Crippen LogP contribution in [0.25, 0.3) is 0 Å². The van der Waals surface area contributed by atoms with Crippen molar-refractivity contribution in [2.45, 2.75) is 18.4 Å². The fourth-order valence-electron chi connectivity index (χ4n) is 3.06. The molecule has 0 bridgehead atoms. The molecular formula is C15H24N4O. The average Bonchev–Trinajstić information content (AvgIpc) is 3.34. The van der Waals surface area contributed by atoms with Gasteiger partial charge in [-0.25, -0.2) is 4.98 Å². The van der Waals surface area contributed by atoms with Crippen LogP contribution in [0.3, 0.4) is 0 Å². The highest BCUT2D eigenvalue weighted by atomic mass is 16.3. The van der Waals surface area contributed by atoms with Crippen molar-refractivity contribution in [2.24, 2.45) is 11.7 Å². The molecule has 2 heterocycles. The molecule has 1 saturated heterocycles. The minimum atomic E-state index is -0.396. The van der Waals surface area contributed by atoms with Crippen LogP contribution in [-0.2, 0) is 0 Å². The summed E-state index contributed by atoms with van der Waals surface area (Å²) in [5, 5.41) is 9.58. The van der Waals surface area contributed by atoms with E-state index in [1.54, 1.807) is 0 Å². The number of nitrogens with two attached hydrogens (primary N) is 1. The zero-order valence-electron chi connectivity index (χ0n) is 11.9. The van der Waals surface area contributed by atoms with Gasteiger partial charge in [-0.3, -0.25) is 4.90 Å². The van der Waals surface area contributed by atoms with Gasteiger partial charge in [-0.15, -0.1) is 0 Å². The Morgan fingerprint density at radius 1 is 1.25 bits per heavy atom. The molecule has 0 radical (unpaired) electrons. The van der Waals surface area contributed by atoms with E-state index in [1.807, 2.05) is 18.3 Å². The Kier molecular flexibility index (Phi) is 3.92. The van der Waals surface area contributed by atoms with Gasteiger partial charge in [0.1, 0.15) is 5.82 Å². The molecule has 1 aliphatic heterocycles. The third-order valence-electron chi connectivity index (χ3n) is 4.55. The van der Waals surface area contributed by atoms with Gasteiger partial charge in [0, 0.05) is 38.9 Å². The highest BCUT2D eigenvalue weighted by molar-refractivity contribution is 5.38. The number of nitrogens with zero attached hydrogens (tertiary/aromatic N) is 3. The number of pyridine rings is 1. The van der Waals surface area contributed by atoms with Gasteiger partial charge >= 0.3 is 0 Å². The van der Waals surface area contributed by atoms with Crippen molar-refractivity contribution in [2.75, 3.05) is 44.2 Å². The lowest BCUT2D eigenvalue weighted by Crippen LogP contribution is -2.58. The van der Waals surface area contributed by atoms with E-state index in [2.05, 4.69) is 20.9 Å². The van der Waals surface area contributed by atoms with Crippen LogP contribution in [0.2, 0.25) is 0 Å². The topological polar surface area (TPSA) is 65.6 Å². The summed E-state index contributed by atoms with van der Waals surface area (Å²) in [6.07, 6.45) is 4.18. The summed E-state index contributed by atoms with van der Waals surface area (Å²) in [4.78, 5) is 9.09. The van der Waals surface area contributed by atoms with Gasteiger partial charge in [0.25, 0.3) is 0 Å². The van der Waals surface area contributed by atoms with E-state index in [9.17, 15) is 5.11 Å². The van der Waals surface area contributed by atoms with E-state index < -0.39 is 5.54 Å². The number of hydrogen-bond acceptors (Lipinski definition) is 5. The van der Waals surface area contributed by atoms with Crippen LogP contribution in [0.1, 0.15) is 12.8 Å². The molecule has 0 aromatic carbocycles. The maximum atomic E-state index is 9.58. The van der Waals surface area contributed by atoms with E-state index in [0.717, 1.165) is 38.5 Å². The molecule has 0 amide bonds. The predicted octanol–water partition coefficient (Wildman–Crippen LogP) is 0.303. The van der Waals surface area contributed by atoms with Gasteiger partial charge in [-0.05, 0) is 30.9 Å². The first-order valence-electron chi connectivity index (χ1n) is 7.49. The average molecular weight is 276 g/mol. The number of aliphatic hydroxyl groups excluding tert-OH is 1. The minimum absolute atomic E-state index is 0.0954. The Hall–Kier alpha value is -1.17. The summed E-state index contributed by atoms with van der Waals surface area (Å²) < 4.78 is 0. The van der Waals surface area contributed by atoms with Gasteiger partial charge < -0.3 is 15.7 Å². The Balaban J connectivity index is 1.53. The first-order chi connectivity index (χ1) is 9.71. The van der Waals surface area contributed by atoms with E-state index in [0.29, 0.717) is 5.92 Å². The van der Waals surface area contributed by atoms with Crippen molar-refractivity contribution in [3.05, 3.63) is 24.4 Å². The highest BCUT2D eigenvalue weighted by Crippen LogP contribution is 2.38. The standard InChI is InChI=1S/C15H24N4O/c16-15(12-20,13-4-5-13)11-18-7-9-19(10-8-18)14-3-1-2-6-17-14/h1-3,6,13,20H,4-5,7-12,16H2. The fourth-order valence-corrected chi connectivity index (χ4v) is 3.06. The SMILES string of the molecule is NC(CO)(CN1CCN(c2ccccn2)CC1)C1CC1. The molecule has 1 unspecified atom stereocenters. The summed E-state index contributed by atoms with van der Waals surface area (Å²) in [6, 6.07) is 6.03. The Labute approximate surface area is 120 Å². The largest absolute Gasteiger partial charge is 0.394 e. The van der Waals surface area contributed by atoms with Crippen molar-refractivity contribution in [3.8, 4) is 0 Å². The minimum Gasteiger partial charge on any atom is -0.394 e. The maximum Gasteiger partial charge on any atom is 0.128 e. The van der Waals surface area contributed by atoms with Crippen molar-refractivity contribution in [3.63, 3.8) is 0 Å². The zero-order valence-corrected chi connectivity index (χ0v) is 11.9. The lowest BCUT2D eigenvalue weighted by Gasteiger charge is -2.40. The molecular weight excluding hydrogens is 252 g/mol. The second kappa shape index (κ2) is 5.68. The number of anilines is 1. The third-order valence-corrected chi connectivity index (χ3v) is 4.55. The van der Waals surface area contributed by atoms with Gasteiger partial charge in [0.15, 0.2) is 0 Å². The van der Waals surface area contributed by atoms with Crippen LogP contribution < -0.4 is 10.6 Å². The van der Waals surface area contributed by atoms with Gasteiger partial charge in [-0.1, -0.05) is 6.07 Å². The summed E-state index contributed by atoms with van der Waals surface area (Å²) in [7, 11) is 0. The third kappa shape index (κ3) is 2.95. The number of piperazine rings is 1. The van der Waals surface area contributed by atoms with Crippen molar-refractivity contribution >= 4 is 5.82 Å². The predicted molar refractivity (Wildman–Crippen MR) is 79.6 cm³/mol. The van der Waals surface area contributed by atoms with E-state index in [1.165, 1.54) is 12.8 Å². The van der Waals surface area contributed by atoms with Crippen LogP contribution in [-0.4, -0.2) is 59.9 Å². The van der Waals surface area contributed by atoms with E-state index in [-0.39, 0.29) is 6.61 Å². The normalized spacial score (nSPS) is 23.6. The molecule has 110 valence electrons. The number of rotatable bonds is 5. The lowest BCUT2D eigenvalue weighted by atomic mass is 9.94. The second-order valence-electron chi connectivity index (χ2n) is 6.12. The first-order valence-corrected chi connectivity index (χ1v) is 7.49. The van der Waals surface area contributed by atoms with Crippen LogP contribution >= 0.6 is 0 Å². The highest BCUT2D eigenvalue weighted by Gasteiger charge is 2.43. The lowest BCUT2D eigenvalue weighted by molar-refractivity contribution is 0.117. The molecule has 1 aliphatic carbocycles. The van der Waals surface area contributed by atoms with Crippen LogP contribution in [0, 0.1) is 5.92 Å². The zero-order chi connectivity index (χ0) is 14.0. The van der Waals surface area contributed by atoms with Gasteiger partial charge in [0.05, 0.1) is 12.1 Å². The summed E-state index contributed by atoms with van der Waals surface area (Å²) in [5.41, 5.74) is 5.97. The fraction of sp³-hybridized carbons (Fsp3) is 0.667. The van der Waals surface area contributed by atoms with Crippen molar-refractivity contribution in [1.29, 1.82) is 0 Å². The molecule has 1 saturated carbocycles. The molecule has 20 heavy (non-hydrogen) atoms. The summed E-state index contributed by atoms with van der Waals surface area (Å²) in [6.45, 7) is 4.83. The van der Waals surface area contributed by atoms with Crippen molar-refractivity contribution in [1.82, 2.24) is 9.88 Å². The molecule has 2 aliphatic rings. The smallest absolute Gasteiger partial charge is 0.128 e. The van der Waals surface area contributed by atoms with Gasteiger partial charge in [0.2, 0.25) is 0 Å². The molecule has 1 aromatic rings. The monoisotopic (exact) mass is 276 g/mol. The van der Waals surface area contributed by atoms with Crippen LogP contribution in [0.4, 0.5) is 5.82 Å². The summed E-state index contributed by atoms with van der Waals surface area (Å²) in [5.74, 6) is 1.57. The number of aromatic nitrogens is 1.